The van der Waals surface area contributed by atoms with Crippen LogP contribution in [0.5, 0.6) is 0 Å². The first kappa shape index (κ1) is 30.3. The smallest absolute Gasteiger partial charge is 0.164 e. The van der Waals surface area contributed by atoms with Crippen LogP contribution in [0.15, 0.2) is 176 Å². The standard InChI is InChI=1S/C47H32N4/c1-31-41(21-12-26-48-31)33-24-22-32(23-25-33)38-28-39(44-42-19-10-8-17-36(42)27-37-18-9-11-20-43(37)44)30-40(29-38)47-50-45(34-13-4-2-5-14-34)49-46(51-47)35-15-6-3-7-16-35/h2-30H,1H3. The molecule has 0 fully saturated rings. The Balaban J connectivity index is 1.30. The number of rotatable bonds is 6. The predicted octanol–water partition coefficient (Wildman–Crippen LogP) is 11.9. The Kier molecular flexibility index (Phi) is 7.67. The van der Waals surface area contributed by atoms with E-state index in [0.717, 1.165) is 50.2 Å². The van der Waals surface area contributed by atoms with Crippen molar-refractivity contribution in [2.45, 2.75) is 6.92 Å². The second kappa shape index (κ2) is 12.9. The van der Waals surface area contributed by atoms with Crippen LogP contribution in [-0.4, -0.2) is 19.9 Å². The van der Waals surface area contributed by atoms with E-state index in [0.29, 0.717) is 17.5 Å². The first-order valence-electron chi connectivity index (χ1n) is 17.1. The molecule has 240 valence electrons. The Morgan fingerprint density at radius 2 is 0.843 bits per heavy atom. The lowest BCUT2D eigenvalue weighted by Gasteiger charge is -2.16. The van der Waals surface area contributed by atoms with Crippen molar-refractivity contribution in [3.8, 4) is 67.5 Å². The summed E-state index contributed by atoms with van der Waals surface area (Å²) in [6.07, 6.45) is 1.84. The second-order valence-corrected chi connectivity index (χ2v) is 12.7. The number of aryl methyl sites for hydroxylation is 1. The molecule has 0 unspecified atom stereocenters. The summed E-state index contributed by atoms with van der Waals surface area (Å²) in [5, 5.41) is 4.80. The maximum Gasteiger partial charge on any atom is 0.164 e. The van der Waals surface area contributed by atoms with E-state index < -0.39 is 0 Å². The zero-order chi connectivity index (χ0) is 34.1. The summed E-state index contributed by atoms with van der Waals surface area (Å²) in [7, 11) is 0. The van der Waals surface area contributed by atoms with Crippen LogP contribution in [0.4, 0.5) is 0 Å². The summed E-state index contributed by atoms with van der Waals surface area (Å²) >= 11 is 0. The van der Waals surface area contributed by atoms with Crippen molar-refractivity contribution in [2.24, 2.45) is 0 Å². The van der Waals surface area contributed by atoms with E-state index in [1.807, 2.05) is 72.9 Å². The molecule has 0 amide bonds. The number of aromatic nitrogens is 4. The molecule has 9 rings (SSSR count). The van der Waals surface area contributed by atoms with Crippen LogP contribution in [0.1, 0.15) is 5.69 Å². The fourth-order valence-electron chi connectivity index (χ4n) is 6.96. The third-order valence-electron chi connectivity index (χ3n) is 9.49. The van der Waals surface area contributed by atoms with Gasteiger partial charge in [0.05, 0.1) is 0 Å². The van der Waals surface area contributed by atoms with Gasteiger partial charge in [0.1, 0.15) is 0 Å². The molecule has 0 spiro atoms. The fraction of sp³-hybridized carbons (Fsp3) is 0.0213. The van der Waals surface area contributed by atoms with Gasteiger partial charge in [0, 0.05) is 34.1 Å². The number of benzene rings is 7. The number of nitrogens with zero attached hydrogens (tertiary/aromatic N) is 4. The molecule has 0 bridgehead atoms. The normalized spacial score (nSPS) is 11.2. The molecule has 4 heteroatoms. The molecule has 7 aromatic carbocycles. The lowest BCUT2D eigenvalue weighted by atomic mass is 9.89. The molecule has 4 nitrogen and oxygen atoms in total. The first-order valence-corrected chi connectivity index (χ1v) is 17.1. The van der Waals surface area contributed by atoms with Gasteiger partial charge in [0.2, 0.25) is 0 Å². The van der Waals surface area contributed by atoms with Gasteiger partial charge in [-0.05, 0) is 86.6 Å². The molecule has 0 saturated heterocycles. The van der Waals surface area contributed by atoms with Gasteiger partial charge in [0.15, 0.2) is 17.5 Å². The van der Waals surface area contributed by atoms with Gasteiger partial charge < -0.3 is 0 Å². The molecule has 0 aliphatic carbocycles. The quantitative estimate of drug-likeness (QED) is 0.168. The third-order valence-corrected chi connectivity index (χ3v) is 9.49. The van der Waals surface area contributed by atoms with Crippen molar-refractivity contribution in [3.05, 3.63) is 182 Å². The van der Waals surface area contributed by atoms with Crippen LogP contribution < -0.4 is 0 Å². The second-order valence-electron chi connectivity index (χ2n) is 12.7. The van der Waals surface area contributed by atoms with E-state index >= 15 is 0 Å². The van der Waals surface area contributed by atoms with E-state index in [-0.39, 0.29) is 0 Å². The molecule has 51 heavy (non-hydrogen) atoms. The monoisotopic (exact) mass is 652 g/mol. The van der Waals surface area contributed by atoms with Gasteiger partial charge in [-0.3, -0.25) is 4.98 Å². The maximum absolute atomic E-state index is 5.13. The summed E-state index contributed by atoms with van der Waals surface area (Å²) in [5.74, 6) is 1.90. The molecule has 0 aliphatic heterocycles. The average molecular weight is 653 g/mol. The molecule has 0 atom stereocenters. The van der Waals surface area contributed by atoms with Crippen LogP contribution in [0.25, 0.3) is 89.1 Å². The van der Waals surface area contributed by atoms with Crippen molar-refractivity contribution in [1.82, 2.24) is 19.9 Å². The Morgan fingerprint density at radius 3 is 1.43 bits per heavy atom. The van der Waals surface area contributed by atoms with Gasteiger partial charge in [-0.2, -0.15) is 0 Å². The van der Waals surface area contributed by atoms with Crippen molar-refractivity contribution < 1.29 is 0 Å². The third kappa shape index (κ3) is 5.83. The van der Waals surface area contributed by atoms with Crippen molar-refractivity contribution in [1.29, 1.82) is 0 Å². The highest BCUT2D eigenvalue weighted by Gasteiger charge is 2.17. The Labute approximate surface area is 296 Å². The predicted molar refractivity (Wildman–Crippen MR) is 210 cm³/mol. The molecular weight excluding hydrogens is 621 g/mol. The number of hydrogen-bond donors (Lipinski definition) is 0. The molecule has 0 saturated carbocycles. The molecule has 0 aliphatic rings. The average Bonchev–Trinajstić information content (AvgIpc) is 3.20. The Bertz CT molecular complexity index is 2570. The summed E-state index contributed by atoms with van der Waals surface area (Å²) < 4.78 is 0. The summed E-state index contributed by atoms with van der Waals surface area (Å²) in [6.45, 7) is 2.05. The summed E-state index contributed by atoms with van der Waals surface area (Å²) in [5.41, 5.74) is 10.6. The zero-order valence-corrected chi connectivity index (χ0v) is 28.0. The minimum atomic E-state index is 0.623. The molecular formula is C47H32N4. The van der Waals surface area contributed by atoms with Gasteiger partial charge >= 0.3 is 0 Å². The van der Waals surface area contributed by atoms with Crippen molar-refractivity contribution >= 4 is 21.5 Å². The SMILES string of the molecule is Cc1ncccc1-c1ccc(-c2cc(-c3nc(-c4ccccc4)nc(-c4ccccc4)n3)cc(-c3c4ccccc4cc4ccccc34)c2)cc1. The van der Waals surface area contributed by atoms with E-state index in [2.05, 4.69) is 115 Å². The van der Waals surface area contributed by atoms with Crippen LogP contribution in [-0.2, 0) is 0 Å². The molecule has 0 radical (unpaired) electrons. The van der Waals surface area contributed by atoms with Crippen molar-refractivity contribution in [2.75, 3.05) is 0 Å². The molecule has 2 aromatic heterocycles. The van der Waals surface area contributed by atoms with Crippen LogP contribution >= 0.6 is 0 Å². The van der Waals surface area contributed by atoms with E-state index in [1.165, 1.54) is 27.1 Å². The minimum absolute atomic E-state index is 0.623. The van der Waals surface area contributed by atoms with Crippen LogP contribution in [0.3, 0.4) is 0 Å². The minimum Gasteiger partial charge on any atom is -0.261 e. The highest BCUT2D eigenvalue weighted by atomic mass is 15.0. The Morgan fingerprint density at radius 1 is 0.353 bits per heavy atom. The first-order chi connectivity index (χ1) is 25.2. The number of pyridine rings is 1. The number of hydrogen-bond acceptors (Lipinski definition) is 4. The molecule has 2 heterocycles. The van der Waals surface area contributed by atoms with E-state index in [1.54, 1.807) is 0 Å². The van der Waals surface area contributed by atoms with Gasteiger partial charge in [-0.15, -0.1) is 0 Å². The molecule has 9 aromatic rings. The number of fused-ring (bicyclic) bond motifs is 2. The highest BCUT2D eigenvalue weighted by Crippen LogP contribution is 2.40. The zero-order valence-electron chi connectivity index (χ0n) is 28.0. The van der Waals surface area contributed by atoms with Gasteiger partial charge in [-0.25, -0.2) is 15.0 Å². The van der Waals surface area contributed by atoms with Gasteiger partial charge in [-0.1, -0.05) is 140 Å². The van der Waals surface area contributed by atoms with E-state index in [4.69, 9.17) is 15.0 Å². The lowest BCUT2D eigenvalue weighted by molar-refractivity contribution is 1.07. The molecule has 0 N–H and O–H groups in total. The lowest BCUT2D eigenvalue weighted by Crippen LogP contribution is -2.00. The summed E-state index contributed by atoms with van der Waals surface area (Å²) in [6, 6.07) is 59.5. The largest absolute Gasteiger partial charge is 0.261 e. The fourth-order valence-corrected chi connectivity index (χ4v) is 6.96. The Hall–Kier alpha value is -6.78. The van der Waals surface area contributed by atoms with E-state index in [9.17, 15) is 0 Å². The summed E-state index contributed by atoms with van der Waals surface area (Å²) in [4.78, 5) is 19.7. The van der Waals surface area contributed by atoms with Crippen LogP contribution in [0.2, 0.25) is 0 Å². The van der Waals surface area contributed by atoms with Crippen LogP contribution in [0, 0.1) is 6.92 Å². The van der Waals surface area contributed by atoms with Gasteiger partial charge in [0.25, 0.3) is 0 Å². The van der Waals surface area contributed by atoms with Crippen molar-refractivity contribution in [3.63, 3.8) is 0 Å². The maximum atomic E-state index is 5.13. The topological polar surface area (TPSA) is 51.6 Å². The highest BCUT2D eigenvalue weighted by molar-refractivity contribution is 6.13.